The van der Waals surface area contributed by atoms with Crippen LogP contribution in [0.1, 0.15) is 27.2 Å². The van der Waals surface area contributed by atoms with Crippen LogP contribution >= 0.6 is 0 Å². The zero-order valence-electron chi connectivity index (χ0n) is 12.5. The molecule has 0 spiro atoms. The molecule has 0 saturated carbocycles. The molecule has 6 nitrogen and oxygen atoms in total. The molecular weight excluding hydrogens is 246 g/mol. The first-order valence-corrected chi connectivity index (χ1v) is 6.63. The van der Waals surface area contributed by atoms with Crippen molar-refractivity contribution in [2.45, 2.75) is 38.8 Å². The molecule has 2 amide bonds. The van der Waals surface area contributed by atoms with Gasteiger partial charge in [-0.15, -0.1) is 0 Å². The third kappa shape index (κ3) is 5.06. The summed E-state index contributed by atoms with van der Waals surface area (Å²) in [6.07, 6.45) is 0.291. The maximum atomic E-state index is 11.9. The molecule has 0 radical (unpaired) electrons. The van der Waals surface area contributed by atoms with Crippen LogP contribution < -0.4 is 5.32 Å². The van der Waals surface area contributed by atoms with Crippen molar-refractivity contribution in [3.63, 3.8) is 0 Å². The lowest BCUT2D eigenvalue weighted by Crippen LogP contribution is -2.59. The second-order valence-electron chi connectivity index (χ2n) is 6.07. The fourth-order valence-corrected chi connectivity index (χ4v) is 1.72. The van der Waals surface area contributed by atoms with Crippen LogP contribution in [0.4, 0.5) is 4.79 Å². The number of nitrogens with one attached hydrogen (secondary N) is 1. The molecule has 0 aromatic carbocycles. The van der Waals surface area contributed by atoms with Crippen molar-refractivity contribution in [2.24, 2.45) is 0 Å². The highest BCUT2D eigenvalue weighted by Crippen LogP contribution is 2.21. The van der Waals surface area contributed by atoms with Crippen LogP contribution in [0.2, 0.25) is 0 Å². The number of nitrogens with zero attached hydrogens (tertiary/aromatic N) is 2. The molecule has 0 unspecified atom stereocenters. The fraction of sp³-hybridized carbons (Fsp3) is 0.846. The van der Waals surface area contributed by atoms with Crippen molar-refractivity contribution in [2.75, 3.05) is 33.7 Å². The van der Waals surface area contributed by atoms with Gasteiger partial charge in [0.25, 0.3) is 0 Å². The summed E-state index contributed by atoms with van der Waals surface area (Å²) < 4.78 is 5.26. The molecule has 1 fully saturated rings. The fourth-order valence-electron chi connectivity index (χ4n) is 1.72. The average molecular weight is 271 g/mol. The molecule has 0 aliphatic carbocycles. The van der Waals surface area contributed by atoms with Gasteiger partial charge in [-0.1, -0.05) is 0 Å². The standard InChI is InChI=1S/C13H25N3O3/c1-13(2,3)19-12(18)16-8-6-10(16)11(17)14-7-9-15(4)5/h10H,6-9H2,1-5H3,(H,14,17)/t10-/m0/s1. The molecular formula is C13H25N3O3. The van der Waals surface area contributed by atoms with Gasteiger partial charge >= 0.3 is 6.09 Å². The summed E-state index contributed by atoms with van der Waals surface area (Å²) in [6, 6.07) is -0.378. The second-order valence-corrected chi connectivity index (χ2v) is 6.07. The number of carbonyl (C=O) groups is 2. The van der Waals surface area contributed by atoms with Gasteiger partial charge in [-0.05, 0) is 41.3 Å². The van der Waals surface area contributed by atoms with Crippen LogP contribution in [-0.4, -0.2) is 67.2 Å². The lowest BCUT2D eigenvalue weighted by Gasteiger charge is -2.40. The summed E-state index contributed by atoms with van der Waals surface area (Å²) in [5.74, 6) is -0.0982. The molecule has 1 saturated heterocycles. The number of likely N-dealkylation sites (N-methyl/N-ethyl adjacent to an activating group) is 1. The molecule has 1 atom stereocenters. The average Bonchev–Trinajstić information content (AvgIpc) is 2.11. The number of hydrogen-bond acceptors (Lipinski definition) is 4. The number of rotatable bonds is 4. The Bertz CT molecular complexity index is 337. The van der Waals surface area contributed by atoms with E-state index in [9.17, 15) is 9.59 Å². The topological polar surface area (TPSA) is 61.9 Å². The Kier molecular flexibility index (Phi) is 5.17. The monoisotopic (exact) mass is 271 g/mol. The Morgan fingerprint density at radius 3 is 2.42 bits per heavy atom. The van der Waals surface area contributed by atoms with Gasteiger partial charge in [0.1, 0.15) is 11.6 Å². The number of carbonyl (C=O) groups excluding carboxylic acids is 2. The minimum Gasteiger partial charge on any atom is -0.444 e. The SMILES string of the molecule is CN(C)CCNC(=O)[C@@H]1CCN1C(=O)OC(C)(C)C. The van der Waals surface area contributed by atoms with Crippen molar-refractivity contribution in [3.8, 4) is 0 Å². The van der Waals surface area contributed by atoms with Crippen LogP contribution in [0, 0.1) is 0 Å². The Labute approximate surface area is 115 Å². The van der Waals surface area contributed by atoms with E-state index < -0.39 is 11.7 Å². The summed E-state index contributed by atoms with van der Waals surface area (Å²) in [5.41, 5.74) is -0.529. The minimum absolute atomic E-state index is 0.0982. The molecule has 110 valence electrons. The van der Waals surface area contributed by atoms with Crippen LogP contribution in [-0.2, 0) is 9.53 Å². The van der Waals surface area contributed by atoms with Crippen molar-refractivity contribution in [1.29, 1.82) is 0 Å². The van der Waals surface area contributed by atoms with E-state index in [2.05, 4.69) is 5.32 Å². The van der Waals surface area contributed by atoms with E-state index in [-0.39, 0.29) is 11.9 Å². The molecule has 1 aliphatic heterocycles. The van der Waals surface area contributed by atoms with E-state index in [4.69, 9.17) is 4.74 Å². The summed E-state index contributed by atoms with van der Waals surface area (Å²) >= 11 is 0. The first-order chi connectivity index (χ1) is 8.70. The second kappa shape index (κ2) is 6.23. The van der Waals surface area contributed by atoms with Crippen molar-refractivity contribution in [3.05, 3.63) is 0 Å². The first kappa shape index (κ1) is 15.8. The van der Waals surface area contributed by atoms with Crippen LogP contribution in [0.3, 0.4) is 0 Å². The maximum Gasteiger partial charge on any atom is 0.410 e. The predicted molar refractivity (Wildman–Crippen MR) is 72.9 cm³/mol. The van der Waals surface area contributed by atoms with Gasteiger partial charge < -0.3 is 15.0 Å². The normalized spacial score (nSPS) is 19.1. The zero-order valence-corrected chi connectivity index (χ0v) is 12.5. The van der Waals surface area contributed by atoms with E-state index in [1.807, 2.05) is 39.8 Å². The van der Waals surface area contributed by atoms with Crippen LogP contribution in [0.25, 0.3) is 0 Å². The highest BCUT2D eigenvalue weighted by molar-refractivity contribution is 5.87. The van der Waals surface area contributed by atoms with Gasteiger partial charge in [-0.25, -0.2) is 4.79 Å². The lowest BCUT2D eigenvalue weighted by atomic mass is 10.0. The molecule has 0 bridgehead atoms. The van der Waals surface area contributed by atoms with Crippen molar-refractivity contribution >= 4 is 12.0 Å². The molecule has 1 heterocycles. The number of hydrogen-bond donors (Lipinski definition) is 1. The van der Waals surface area contributed by atoms with Gasteiger partial charge in [0.15, 0.2) is 0 Å². The van der Waals surface area contributed by atoms with E-state index >= 15 is 0 Å². The van der Waals surface area contributed by atoms with Gasteiger partial charge in [0.2, 0.25) is 5.91 Å². The molecule has 1 aliphatic rings. The quantitative estimate of drug-likeness (QED) is 0.816. The van der Waals surface area contributed by atoms with Gasteiger partial charge in [0.05, 0.1) is 0 Å². The van der Waals surface area contributed by atoms with Gasteiger partial charge in [-0.3, -0.25) is 9.69 Å². The van der Waals surface area contributed by atoms with E-state index in [1.165, 1.54) is 4.90 Å². The summed E-state index contributed by atoms with van der Waals surface area (Å²) in [5, 5.41) is 2.83. The van der Waals surface area contributed by atoms with Gasteiger partial charge in [0, 0.05) is 19.6 Å². The van der Waals surface area contributed by atoms with Crippen LogP contribution in [0.15, 0.2) is 0 Å². The summed E-state index contributed by atoms with van der Waals surface area (Å²) in [6.45, 7) is 7.40. The number of likely N-dealkylation sites (tertiary alicyclic amines) is 1. The Hall–Kier alpha value is -1.30. The third-order valence-corrected chi connectivity index (χ3v) is 2.81. The third-order valence-electron chi connectivity index (χ3n) is 2.81. The molecule has 6 heteroatoms. The molecule has 1 N–H and O–H groups in total. The van der Waals surface area contributed by atoms with E-state index in [1.54, 1.807) is 0 Å². The maximum absolute atomic E-state index is 11.9. The molecule has 19 heavy (non-hydrogen) atoms. The Morgan fingerprint density at radius 2 is 2.00 bits per heavy atom. The lowest BCUT2D eigenvalue weighted by molar-refractivity contribution is -0.130. The largest absolute Gasteiger partial charge is 0.444 e. The Morgan fingerprint density at radius 1 is 1.37 bits per heavy atom. The first-order valence-electron chi connectivity index (χ1n) is 6.63. The van der Waals surface area contributed by atoms with E-state index in [0.29, 0.717) is 19.5 Å². The molecule has 0 aromatic heterocycles. The number of ether oxygens (including phenoxy) is 1. The zero-order chi connectivity index (χ0) is 14.6. The minimum atomic E-state index is -0.529. The van der Waals surface area contributed by atoms with E-state index in [0.717, 1.165) is 6.54 Å². The smallest absolute Gasteiger partial charge is 0.410 e. The highest BCUT2D eigenvalue weighted by atomic mass is 16.6. The van der Waals surface area contributed by atoms with Crippen molar-refractivity contribution < 1.29 is 14.3 Å². The van der Waals surface area contributed by atoms with Crippen LogP contribution in [0.5, 0.6) is 0 Å². The highest BCUT2D eigenvalue weighted by Gasteiger charge is 2.39. The predicted octanol–water partition coefficient (Wildman–Crippen LogP) is 0.674. The Balaban J connectivity index is 2.39. The van der Waals surface area contributed by atoms with Crippen molar-refractivity contribution in [1.82, 2.24) is 15.1 Å². The summed E-state index contributed by atoms with van der Waals surface area (Å²) in [7, 11) is 3.89. The molecule has 0 aromatic rings. The number of amides is 2. The summed E-state index contributed by atoms with van der Waals surface area (Å²) in [4.78, 5) is 27.2. The molecule has 1 rings (SSSR count). The van der Waals surface area contributed by atoms with Gasteiger partial charge in [-0.2, -0.15) is 0 Å².